The Kier molecular flexibility index (Phi) is 5.29. The highest BCUT2D eigenvalue weighted by molar-refractivity contribution is 7.91. The minimum absolute atomic E-state index is 0.0537. The van der Waals surface area contributed by atoms with Crippen LogP contribution < -0.4 is 5.32 Å². The van der Waals surface area contributed by atoms with E-state index in [1.165, 1.54) is 25.1 Å². The van der Waals surface area contributed by atoms with E-state index in [2.05, 4.69) is 19.2 Å². The summed E-state index contributed by atoms with van der Waals surface area (Å²) >= 11 is 0. The van der Waals surface area contributed by atoms with E-state index < -0.39 is 15.7 Å². The molecule has 0 aliphatic heterocycles. The van der Waals surface area contributed by atoms with Crippen molar-refractivity contribution in [2.45, 2.75) is 31.6 Å². The number of carbonyl (C=O) groups is 1. The van der Waals surface area contributed by atoms with Gasteiger partial charge in [-0.25, -0.2) is 8.42 Å². The minimum atomic E-state index is -3.42. The van der Waals surface area contributed by atoms with Crippen LogP contribution in [0.1, 0.15) is 42.6 Å². The lowest BCUT2D eigenvalue weighted by atomic mass is 10.0. The van der Waals surface area contributed by atoms with Gasteiger partial charge in [-0.2, -0.15) is 0 Å². The van der Waals surface area contributed by atoms with E-state index in [4.69, 9.17) is 0 Å². The first-order valence-electron chi connectivity index (χ1n) is 7.71. The summed E-state index contributed by atoms with van der Waals surface area (Å²) in [5.41, 5.74) is 1.62. The molecule has 0 saturated carbocycles. The van der Waals surface area contributed by atoms with Crippen LogP contribution in [0, 0.1) is 0 Å². The number of phenols is 1. The molecule has 0 atom stereocenters. The number of anilines is 1. The second-order valence-corrected chi connectivity index (χ2v) is 8.09. The van der Waals surface area contributed by atoms with Crippen molar-refractivity contribution >= 4 is 21.4 Å². The van der Waals surface area contributed by atoms with E-state index in [0.29, 0.717) is 11.5 Å². The number of carbonyl (C=O) groups excluding carboxylic acids is 1. The van der Waals surface area contributed by atoms with Gasteiger partial charge in [0.05, 0.1) is 16.3 Å². The van der Waals surface area contributed by atoms with Crippen molar-refractivity contribution in [2.24, 2.45) is 0 Å². The average Bonchev–Trinajstić information content (AvgIpc) is 2.56. The molecule has 6 heteroatoms. The quantitative estimate of drug-likeness (QED) is 0.810. The monoisotopic (exact) mass is 347 g/mol. The Hall–Kier alpha value is -2.34. The summed E-state index contributed by atoms with van der Waals surface area (Å²) in [5.74, 6) is -0.284. The molecule has 2 aromatic carbocycles. The zero-order valence-electron chi connectivity index (χ0n) is 13.9. The molecule has 1 amide bonds. The van der Waals surface area contributed by atoms with Crippen LogP contribution in [-0.4, -0.2) is 25.2 Å². The fourth-order valence-corrected chi connectivity index (χ4v) is 3.10. The third kappa shape index (κ3) is 3.94. The first-order chi connectivity index (χ1) is 11.2. The van der Waals surface area contributed by atoms with Crippen molar-refractivity contribution < 1.29 is 18.3 Å². The zero-order valence-corrected chi connectivity index (χ0v) is 14.7. The first kappa shape index (κ1) is 18.0. The van der Waals surface area contributed by atoms with Gasteiger partial charge >= 0.3 is 0 Å². The van der Waals surface area contributed by atoms with Crippen LogP contribution in [0.25, 0.3) is 0 Å². The lowest BCUT2D eigenvalue weighted by Crippen LogP contribution is -2.13. The van der Waals surface area contributed by atoms with E-state index in [0.717, 1.165) is 5.56 Å². The Morgan fingerprint density at radius 3 is 2.29 bits per heavy atom. The van der Waals surface area contributed by atoms with Gasteiger partial charge in [-0.3, -0.25) is 4.79 Å². The predicted octanol–water partition coefficient (Wildman–Crippen LogP) is 3.56. The van der Waals surface area contributed by atoms with Gasteiger partial charge in [-0.1, -0.05) is 32.9 Å². The van der Waals surface area contributed by atoms with Crippen LogP contribution in [0.5, 0.6) is 5.75 Å². The molecule has 0 aliphatic rings. The number of hydrogen-bond acceptors (Lipinski definition) is 4. The molecule has 128 valence electrons. The predicted molar refractivity (Wildman–Crippen MR) is 94.3 cm³/mol. The number of phenolic OH excluding ortho intramolecular Hbond substituents is 1. The summed E-state index contributed by atoms with van der Waals surface area (Å²) in [6, 6.07) is 11.0. The lowest BCUT2D eigenvalue weighted by molar-refractivity contribution is 0.102. The van der Waals surface area contributed by atoms with E-state index in [1.54, 1.807) is 12.1 Å². The second kappa shape index (κ2) is 7.05. The van der Waals surface area contributed by atoms with E-state index in [1.807, 2.05) is 12.1 Å². The molecule has 0 fully saturated rings. The summed E-state index contributed by atoms with van der Waals surface area (Å²) in [5, 5.41) is 12.4. The Balaban J connectivity index is 2.27. The van der Waals surface area contributed by atoms with Crippen molar-refractivity contribution in [2.75, 3.05) is 11.1 Å². The molecule has 0 unspecified atom stereocenters. The van der Waals surface area contributed by atoms with E-state index in [-0.39, 0.29) is 22.1 Å². The van der Waals surface area contributed by atoms with Crippen LogP contribution in [0.2, 0.25) is 0 Å². The molecule has 0 heterocycles. The molecule has 0 aliphatic carbocycles. The van der Waals surface area contributed by atoms with Gasteiger partial charge < -0.3 is 10.4 Å². The van der Waals surface area contributed by atoms with Crippen LogP contribution in [0.3, 0.4) is 0 Å². The van der Waals surface area contributed by atoms with Gasteiger partial charge in [0, 0.05) is 5.56 Å². The number of nitrogens with one attached hydrogen (secondary N) is 1. The molecular weight excluding hydrogens is 326 g/mol. The molecule has 0 radical (unpaired) electrons. The van der Waals surface area contributed by atoms with Crippen molar-refractivity contribution in [3.63, 3.8) is 0 Å². The molecule has 2 N–H and O–H groups in total. The Morgan fingerprint density at radius 1 is 1.12 bits per heavy atom. The molecule has 0 aromatic heterocycles. The first-order valence-corrected chi connectivity index (χ1v) is 9.37. The number of aromatic hydroxyl groups is 1. The van der Waals surface area contributed by atoms with Crippen molar-refractivity contribution in [3.8, 4) is 5.75 Å². The van der Waals surface area contributed by atoms with Crippen LogP contribution >= 0.6 is 0 Å². The van der Waals surface area contributed by atoms with Gasteiger partial charge in [0.2, 0.25) is 0 Å². The SMILES string of the molecule is CCS(=O)(=O)c1ccc(O)c(NC(=O)c2ccc(C(C)C)cc2)c1. The highest BCUT2D eigenvalue weighted by Crippen LogP contribution is 2.27. The van der Waals surface area contributed by atoms with Crippen molar-refractivity contribution in [1.82, 2.24) is 0 Å². The minimum Gasteiger partial charge on any atom is -0.506 e. The van der Waals surface area contributed by atoms with Gasteiger partial charge in [-0.05, 0) is 41.8 Å². The van der Waals surface area contributed by atoms with Gasteiger partial charge in [0.25, 0.3) is 5.91 Å². The Morgan fingerprint density at radius 2 is 1.75 bits per heavy atom. The summed E-state index contributed by atoms with van der Waals surface area (Å²) in [7, 11) is -3.42. The molecule has 2 rings (SSSR count). The van der Waals surface area contributed by atoms with E-state index in [9.17, 15) is 18.3 Å². The molecule has 2 aromatic rings. The lowest BCUT2D eigenvalue weighted by Gasteiger charge is -2.11. The summed E-state index contributed by atoms with van der Waals surface area (Å²) in [6.45, 7) is 5.66. The molecular formula is C18H21NO4S. The van der Waals surface area contributed by atoms with Crippen LogP contribution in [0.4, 0.5) is 5.69 Å². The number of hydrogen-bond donors (Lipinski definition) is 2. The van der Waals surface area contributed by atoms with Gasteiger partial charge in [0.1, 0.15) is 5.75 Å². The van der Waals surface area contributed by atoms with E-state index >= 15 is 0 Å². The highest BCUT2D eigenvalue weighted by Gasteiger charge is 2.16. The number of sulfone groups is 1. The summed E-state index contributed by atoms with van der Waals surface area (Å²) in [4.78, 5) is 12.4. The normalized spacial score (nSPS) is 11.5. The third-order valence-corrected chi connectivity index (χ3v) is 5.53. The molecule has 0 saturated heterocycles. The third-order valence-electron chi connectivity index (χ3n) is 3.79. The zero-order chi connectivity index (χ0) is 17.9. The molecule has 0 spiro atoms. The Bertz CT molecular complexity index is 840. The van der Waals surface area contributed by atoms with Crippen LogP contribution in [-0.2, 0) is 9.84 Å². The maximum Gasteiger partial charge on any atom is 0.255 e. The average molecular weight is 347 g/mol. The Labute approximate surface area is 142 Å². The fourth-order valence-electron chi connectivity index (χ4n) is 2.19. The fraction of sp³-hybridized carbons (Fsp3) is 0.278. The summed E-state index contributed by atoms with van der Waals surface area (Å²) < 4.78 is 23.9. The van der Waals surface area contributed by atoms with Crippen molar-refractivity contribution in [3.05, 3.63) is 53.6 Å². The summed E-state index contributed by atoms with van der Waals surface area (Å²) in [6.07, 6.45) is 0. The largest absolute Gasteiger partial charge is 0.506 e. The topological polar surface area (TPSA) is 83.5 Å². The highest BCUT2D eigenvalue weighted by atomic mass is 32.2. The van der Waals surface area contributed by atoms with Crippen LogP contribution in [0.15, 0.2) is 47.4 Å². The van der Waals surface area contributed by atoms with Crippen molar-refractivity contribution in [1.29, 1.82) is 0 Å². The smallest absolute Gasteiger partial charge is 0.255 e. The molecule has 24 heavy (non-hydrogen) atoms. The maximum absolute atomic E-state index is 12.3. The number of amides is 1. The number of benzene rings is 2. The second-order valence-electron chi connectivity index (χ2n) is 5.81. The van der Waals surface area contributed by atoms with Gasteiger partial charge in [0.15, 0.2) is 9.84 Å². The standard InChI is InChI=1S/C18H21NO4S/c1-4-24(22,23)15-9-10-17(20)16(11-15)19-18(21)14-7-5-13(6-8-14)12(2)3/h5-12,20H,4H2,1-3H3,(H,19,21). The van der Waals surface area contributed by atoms with Gasteiger partial charge in [-0.15, -0.1) is 0 Å². The molecule has 5 nitrogen and oxygen atoms in total. The molecule has 0 bridgehead atoms. The maximum atomic E-state index is 12.3. The number of rotatable bonds is 5.